The molecule has 0 aromatic rings. The molecule has 0 unspecified atom stereocenters. The first-order valence-corrected chi connectivity index (χ1v) is 6.70. The molecule has 4 aliphatic carbocycles. The first-order valence-electron chi connectivity index (χ1n) is 6.70. The molecule has 0 bridgehead atoms. The molecule has 0 heteroatoms. The molecule has 0 aromatic heterocycles. The minimum Gasteiger partial charge on any atom is -0.0630 e. The van der Waals surface area contributed by atoms with Gasteiger partial charge in [-0.1, -0.05) is 36.8 Å². The first-order chi connectivity index (χ1) is 6.97. The molecule has 0 aromatic carbocycles. The van der Waals surface area contributed by atoms with Gasteiger partial charge in [-0.05, 0) is 49.4 Å². The van der Waals surface area contributed by atoms with Crippen LogP contribution in [-0.2, 0) is 0 Å². The highest BCUT2D eigenvalue weighted by molar-refractivity contribution is 5.46. The van der Waals surface area contributed by atoms with Crippen LogP contribution in [0.15, 0.2) is 11.1 Å². The molecule has 0 saturated heterocycles. The van der Waals surface area contributed by atoms with Crippen LogP contribution in [0.3, 0.4) is 0 Å². The summed E-state index contributed by atoms with van der Waals surface area (Å²) in [4.78, 5) is 0. The Morgan fingerprint density at radius 2 is 0.786 bits per heavy atom. The smallest absolute Gasteiger partial charge is 0.0131 e. The molecule has 4 saturated carbocycles. The number of fused-ring (bicyclic) bond motifs is 2. The fourth-order valence-corrected chi connectivity index (χ4v) is 4.50. The van der Waals surface area contributed by atoms with E-state index in [0.29, 0.717) is 0 Å². The molecule has 0 N–H and O–H groups in total. The molecule has 0 spiro atoms. The zero-order chi connectivity index (χ0) is 9.12. The maximum absolute atomic E-state index is 2.00. The van der Waals surface area contributed by atoms with Crippen molar-refractivity contribution in [2.75, 3.05) is 0 Å². The van der Waals surface area contributed by atoms with Gasteiger partial charge in [-0.3, -0.25) is 0 Å². The zero-order valence-corrected chi connectivity index (χ0v) is 8.97. The lowest BCUT2D eigenvalue weighted by molar-refractivity contribution is 0.480. The summed E-state index contributed by atoms with van der Waals surface area (Å²) in [5.41, 5.74) is 4.00. The SMILES string of the molecule is C1CC[C@H]2C(=C3[C@@H]4CCCC[C@@H]34)[C@H]2C1. The van der Waals surface area contributed by atoms with Crippen LogP contribution in [0.1, 0.15) is 51.4 Å². The summed E-state index contributed by atoms with van der Waals surface area (Å²) in [5, 5.41) is 0. The van der Waals surface area contributed by atoms with Crippen LogP contribution in [0.5, 0.6) is 0 Å². The Morgan fingerprint density at radius 1 is 0.500 bits per heavy atom. The van der Waals surface area contributed by atoms with Gasteiger partial charge in [0.1, 0.15) is 0 Å². The highest BCUT2D eigenvalue weighted by atomic mass is 14.6. The van der Waals surface area contributed by atoms with Crippen molar-refractivity contribution in [3.05, 3.63) is 11.1 Å². The second-order valence-corrected chi connectivity index (χ2v) is 5.91. The Bertz CT molecular complexity index is 241. The third-order valence-electron chi connectivity index (χ3n) is 5.24. The Labute approximate surface area is 86.8 Å². The summed E-state index contributed by atoms with van der Waals surface area (Å²) in [7, 11) is 0. The van der Waals surface area contributed by atoms with Gasteiger partial charge in [0.15, 0.2) is 0 Å². The van der Waals surface area contributed by atoms with Gasteiger partial charge in [0, 0.05) is 0 Å². The normalized spacial score (nSPS) is 49.7. The molecule has 0 heterocycles. The number of hydrogen-bond donors (Lipinski definition) is 0. The van der Waals surface area contributed by atoms with E-state index in [1.807, 2.05) is 11.1 Å². The van der Waals surface area contributed by atoms with Crippen LogP contribution in [0, 0.1) is 23.7 Å². The van der Waals surface area contributed by atoms with Crippen molar-refractivity contribution >= 4 is 0 Å². The lowest BCUT2D eigenvalue weighted by atomic mass is 10.0. The molecule has 4 fully saturated rings. The third kappa shape index (κ3) is 0.951. The summed E-state index contributed by atoms with van der Waals surface area (Å²) in [6.07, 6.45) is 12.3. The van der Waals surface area contributed by atoms with E-state index in [9.17, 15) is 0 Å². The highest BCUT2D eigenvalue weighted by Crippen LogP contribution is 2.66. The van der Waals surface area contributed by atoms with Gasteiger partial charge in [0.2, 0.25) is 0 Å². The van der Waals surface area contributed by atoms with Crippen molar-refractivity contribution in [3.8, 4) is 0 Å². The molecule has 4 aliphatic rings. The van der Waals surface area contributed by atoms with Gasteiger partial charge in [0.25, 0.3) is 0 Å². The molecular formula is C14H20. The molecule has 0 aliphatic heterocycles. The highest BCUT2D eigenvalue weighted by Gasteiger charge is 2.55. The Hall–Kier alpha value is -0.260. The predicted octanol–water partition coefficient (Wildman–Crippen LogP) is 3.92. The fraction of sp³-hybridized carbons (Fsp3) is 0.857. The quantitative estimate of drug-likeness (QED) is 0.505. The molecule has 0 amide bonds. The van der Waals surface area contributed by atoms with E-state index in [1.165, 1.54) is 25.7 Å². The lowest BCUT2D eigenvalue weighted by Gasteiger charge is -2.04. The van der Waals surface area contributed by atoms with E-state index in [-0.39, 0.29) is 0 Å². The standard InChI is InChI=1S/C14H20/c1-2-6-10-9(5-1)13(10)14-11-7-3-4-8-12(11)14/h9-12H,1-8H2/t9-,10-,11-,12+/m1/s1. The monoisotopic (exact) mass is 188 g/mol. The average molecular weight is 188 g/mol. The molecule has 4 atom stereocenters. The predicted molar refractivity (Wildman–Crippen MR) is 57.9 cm³/mol. The average Bonchev–Trinajstić information content (AvgIpc) is 3.07. The van der Waals surface area contributed by atoms with E-state index >= 15 is 0 Å². The van der Waals surface area contributed by atoms with Crippen molar-refractivity contribution in [1.29, 1.82) is 0 Å². The maximum atomic E-state index is 2.00. The van der Waals surface area contributed by atoms with E-state index < -0.39 is 0 Å². The summed E-state index contributed by atoms with van der Waals surface area (Å²) in [6, 6.07) is 0. The number of allylic oxidation sites excluding steroid dienone is 2. The molecule has 0 radical (unpaired) electrons. The van der Waals surface area contributed by atoms with Gasteiger partial charge in [-0.25, -0.2) is 0 Å². The largest absolute Gasteiger partial charge is 0.0630 e. The van der Waals surface area contributed by atoms with Crippen LogP contribution in [0.4, 0.5) is 0 Å². The van der Waals surface area contributed by atoms with Gasteiger partial charge in [-0.2, -0.15) is 0 Å². The Balaban J connectivity index is 1.61. The van der Waals surface area contributed by atoms with Crippen LogP contribution in [0.2, 0.25) is 0 Å². The fourth-order valence-electron chi connectivity index (χ4n) is 4.50. The Kier molecular flexibility index (Phi) is 1.51. The van der Waals surface area contributed by atoms with Crippen LogP contribution >= 0.6 is 0 Å². The first kappa shape index (κ1) is 7.96. The number of hydrogen-bond acceptors (Lipinski definition) is 0. The summed E-state index contributed by atoms with van der Waals surface area (Å²) in [6.45, 7) is 0. The van der Waals surface area contributed by atoms with Crippen molar-refractivity contribution in [2.24, 2.45) is 23.7 Å². The summed E-state index contributed by atoms with van der Waals surface area (Å²) < 4.78 is 0. The molecule has 4 rings (SSSR count). The Morgan fingerprint density at radius 3 is 1.07 bits per heavy atom. The zero-order valence-electron chi connectivity index (χ0n) is 8.97. The minimum absolute atomic E-state index is 1.10. The van der Waals surface area contributed by atoms with Crippen molar-refractivity contribution in [1.82, 2.24) is 0 Å². The molecule has 76 valence electrons. The summed E-state index contributed by atoms with van der Waals surface area (Å²) in [5.74, 6) is 4.40. The molecule has 14 heavy (non-hydrogen) atoms. The topological polar surface area (TPSA) is 0 Å². The maximum Gasteiger partial charge on any atom is -0.0131 e. The third-order valence-corrected chi connectivity index (χ3v) is 5.24. The second-order valence-electron chi connectivity index (χ2n) is 5.91. The van der Waals surface area contributed by atoms with Gasteiger partial charge in [0.05, 0.1) is 0 Å². The van der Waals surface area contributed by atoms with Gasteiger partial charge >= 0.3 is 0 Å². The van der Waals surface area contributed by atoms with E-state index in [0.717, 1.165) is 23.7 Å². The van der Waals surface area contributed by atoms with Crippen LogP contribution in [-0.4, -0.2) is 0 Å². The lowest BCUT2D eigenvalue weighted by Crippen LogP contribution is -1.91. The van der Waals surface area contributed by atoms with E-state index in [2.05, 4.69) is 0 Å². The summed E-state index contributed by atoms with van der Waals surface area (Å²) >= 11 is 0. The molecular weight excluding hydrogens is 168 g/mol. The van der Waals surface area contributed by atoms with E-state index in [4.69, 9.17) is 0 Å². The van der Waals surface area contributed by atoms with Gasteiger partial charge < -0.3 is 0 Å². The molecule has 0 nitrogen and oxygen atoms in total. The second kappa shape index (κ2) is 2.65. The van der Waals surface area contributed by atoms with Crippen molar-refractivity contribution in [3.63, 3.8) is 0 Å². The van der Waals surface area contributed by atoms with Crippen molar-refractivity contribution in [2.45, 2.75) is 51.4 Å². The van der Waals surface area contributed by atoms with Gasteiger partial charge in [-0.15, -0.1) is 0 Å². The van der Waals surface area contributed by atoms with Crippen molar-refractivity contribution < 1.29 is 0 Å². The minimum atomic E-state index is 1.10. The number of rotatable bonds is 0. The van der Waals surface area contributed by atoms with E-state index in [1.54, 1.807) is 25.7 Å². The van der Waals surface area contributed by atoms with Crippen LogP contribution in [0.25, 0.3) is 0 Å². The van der Waals surface area contributed by atoms with Crippen LogP contribution < -0.4 is 0 Å².